The molecule has 0 atom stereocenters. The van der Waals surface area contributed by atoms with E-state index in [1.165, 1.54) is 18.1 Å². The molecule has 4 rings (SSSR count). The number of carbonyl (C=O) groups is 2. The summed E-state index contributed by atoms with van der Waals surface area (Å²) in [6, 6.07) is 25.7. The van der Waals surface area contributed by atoms with Gasteiger partial charge in [0.05, 0.1) is 5.71 Å². The topological polar surface area (TPSA) is 77.0 Å². The van der Waals surface area contributed by atoms with E-state index in [0.29, 0.717) is 11.3 Å². The van der Waals surface area contributed by atoms with E-state index in [0.717, 1.165) is 50.5 Å². The first kappa shape index (κ1) is 25.3. The molecule has 0 saturated carbocycles. The average molecular weight is 484 g/mol. The summed E-state index contributed by atoms with van der Waals surface area (Å²) in [5.74, 6) is -0.363. The summed E-state index contributed by atoms with van der Waals surface area (Å²) in [7, 11) is 0. The zero-order valence-corrected chi connectivity index (χ0v) is 20.9. The van der Waals surface area contributed by atoms with Crippen LogP contribution in [0.15, 0.2) is 84.0 Å². The van der Waals surface area contributed by atoms with Crippen LogP contribution in [0.4, 0.5) is 5.69 Å². The van der Waals surface area contributed by atoms with E-state index in [1.54, 1.807) is 12.1 Å². The van der Waals surface area contributed by atoms with Gasteiger partial charge < -0.3 is 5.32 Å². The van der Waals surface area contributed by atoms with Crippen molar-refractivity contribution in [2.45, 2.75) is 26.9 Å². The van der Waals surface area contributed by atoms with Gasteiger partial charge >= 0.3 is 0 Å². The van der Waals surface area contributed by atoms with Gasteiger partial charge in [0.1, 0.15) is 0 Å². The van der Waals surface area contributed by atoms with E-state index < -0.39 is 0 Å². The summed E-state index contributed by atoms with van der Waals surface area (Å²) < 4.78 is 0. The van der Waals surface area contributed by atoms with Gasteiger partial charge in [-0.1, -0.05) is 54.6 Å². The van der Waals surface area contributed by atoms with Crippen molar-refractivity contribution in [1.29, 1.82) is 0 Å². The molecule has 7 nitrogen and oxygen atoms in total. The van der Waals surface area contributed by atoms with E-state index in [-0.39, 0.29) is 11.8 Å². The number of piperazine rings is 1. The van der Waals surface area contributed by atoms with Crippen LogP contribution in [0.5, 0.6) is 0 Å². The molecule has 0 bridgehead atoms. The van der Waals surface area contributed by atoms with Crippen molar-refractivity contribution in [3.8, 4) is 0 Å². The first-order chi connectivity index (χ1) is 17.5. The van der Waals surface area contributed by atoms with Gasteiger partial charge in [0.2, 0.25) is 5.91 Å². The summed E-state index contributed by atoms with van der Waals surface area (Å²) >= 11 is 0. The molecule has 0 spiro atoms. The van der Waals surface area contributed by atoms with Crippen LogP contribution in [0.3, 0.4) is 0 Å². The number of hydrazone groups is 1. The van der Waals surface area contributed by atoms with Crippen molar-refractivity contribution in [2.24, 2.45) is 5.10 Å². The fraction of sp³-hybridized carbons (Fsp3) is 0.276. The normalized spacial score (nSPS) is 14.9. The van der Waals surface area contributed by atoms with Crippen molar-refractivity contribution in [2.75, 3.05) is 31.5 Å². The Labute approximate surface area is 212 Å². The van der Waals surface area contributed by atoms with Gasteiger partial charge in [-0.15, -0.1) is 0 Å². The summed E-state index contributed by atoms with van der Waals surface area (Å²) in [6.07, 6.45) is 0. The third-order valence-corrected chi connectivity index (χ3v) is 6.28. The number of rotatable bonds is 8. The minimum Gasteiger partial charge on any atom is -0.326 e. The second-order valence-corrected chi connectivity index (χ2v) is 9.13. The van der Waals surface area contributed by atoms with Crippen molar-refractivity contribution in [1.82, 2.24) is 15.2 Å². The minimum absolute atomic E-state index is 0.118. The number of nitrogens with one attached hydrogen (secondary N) is 2. The fourth-order valence-corrected chi connectivity index (χ4v) is 4.23. The largest absolute Gasteiger partial charge is 0.326 e. The van der Waals surface area contributed by atoms with Gasteiger partial charge in [0, 0.05) is 57.4 Å². The monoisotopic (exact) mass is 483 g/mol. The number of nitrogens with zero attached hydrogens (tertiary/aromatic N) is 3. The predicted octanol–water partition coefficient (Wildman–Crippen LogP) is 4.12. The lowest BCUT2D eigenvalue weighted by molar-refractivity contribution is -0.114. The second-order valence-electron chi connectivity index (χ2n) is 9.13. The van der Waals surface area contributed by atoms with E-state index in [4.69, 9.17) is 0 Å². The molecule has 1 aliphatic rings. The quantitative estimate of drug-likeness (QED) is 0.373. The Morgan fingerprint density at radius 1 is 0.722 bits per heavy atom. The van der Waals surface area contributed by atoms with E-state index in [2.05, 4.69) is 56.0 Å². The van der Waals surface area contributed by atoms with Gasteiger partial charge in [-0.05, 0) is 47.9 Å². The molecule has 186 valence electrons. The number of hydrogen-bond donors (Lipinski definition) is 2. The molecule has 3 aromatic rings. The molecule has 0 aromatic heterocycles. The maximum atomic E-state index is 12.6. The third-order valence-electron chi connectivity index (χ3n) is 6.28. The summed E-state index contributed by atoms with van der Waals surface area (Å²) in [6.45, 7) is 9.37. The molecule has 1 saturated heterocycles. The lowest BCUT2D eigenvalue weighted by atomic mass is 10.1. The standard InChI is InChI=1S/C29H33N5O2/c1-22(26-12-14-28(15-13-26)30-23(2)35)31-32-29(36)27-10-8-25(9-11-27)21-34-18-16-33(17-19-34)20-24-6-4-3-5-7-24/h3-15H,16-21H2,1-2H3,(H,30,35)(H,32,36)/b31-22-. The fourth-order valence-electron chi connectivity index (χ4n) is 4.23. The van der Waals surface area contributed by atoms with Crippen LogP contribution < -0.4 is 10.7 Å². The maximum absolute atomic E-state index is 12.6. The van der Waals surface area contributed by atoms with Gasteiger partial charge in [-0.3, -0.25) is 19.4 Å². The minimum atomic E-state index is -0.245. The Hall–Kier alpha value is -3.81. The highest BCUT2D eigenvalue weighted by molar-refractivity contribution is 6.01. The van der Waals surface area contributed by atoms with Crippen LogP contribution in [0, 0.1) is 0 Å². The smallest absolute Gasteiger partial charge is 0.271 e. The highest BCUT2D eigenvalue weighted by Crippen LogP contribution is 2.13. The molecule has 1 heterocycles. The van der Waals surface area contributed by atoms with Crippen LogP contribution in [-0.2, 0) is 17.9 Å². The Kier molecular flexibility index (Phi) is 8.60. The highest BCUT2D eigenvalue weighted by Gasteiger charge is 2.17. The van der Waals surface area contributed by atoms with Crippen molar-refractivity contribution >= 4 is 23.2 Å². The van der Waals surface area contributed by atoms with Gasteiger partial charge in [0.15, 0.2) is 0 Å². The molecule has 36 heavy (non-hydrogen) atoms. The molecule has 0 aliphatic carbocycles. The van der Waals surface area contributed by atoms with Crippen molar-refractivity contribution in [3.63, 3.8) is 0 Å². The first-order valence-electron chi connectivity index (χ1n) is 12.3. The summed E-state index contributed by atoms with van der Waals surface area (Å²) in [4.78, 5) is 28.7. The van der Waals surface area contributed by atoms with E-state index in [1.807, 2.05) is 43.3 Å². The predicted molar refractivity (Wildman–Crippen MR) is 144 cm³/mol. The third kappa shape index (κ3) is 7.34. The molecular weight excluding hydrogens is 450 g/mol. The maximum Gasteiger partial charge on any atom is 0.271 e. The zero-order chi connectivity index (χ0) is 25.3. The molecule has 7 heteroatoms. The molecule has 0 unspecified atom stereocenters. The molecule has 1 aliphatic heterocycles. The molecule has 0 radical (unpaired) electrons. The Balaban J connectivity index is 1.24. The second kappa shape index (κ2) is 12.2. The molecule has 2 N–H and O–H groups in total. The van der Waals surface area contributed by atoms with Crippen molar-refractivity contribution in [3.05, 3.63) is 101 Å². The van der Waals surface area contributed by atoms with Crippen LogP contribution in [0.2, 0.25) is 0 Å². The Morgan fingerprint density at radius 2 is 1.25 bits per heavy atom. The molecule has 2 amide bonds. The Morgan fingerprint density at radius 3 is 1.81 bits per heavy atom. The lowest BCUT2D eigenvalue weighted by Gasteiger charge is -2.34. The van der Waals surface area contributed by atoms with Crippen LogP contribution in [-0.4, -0.2) is 53.5 Å². The molecule has 1 fully saturated rings. The number of anilines is 1. The number of hydrogen-bond acceptors (Lipinski definition) is 5. The van der Waals surface area contributed by atoms with E-state index in [9.17, 15) is 9.59 Å². The van der Waals surface area contributed by atoms with Gasteiger partial charge in [-0.25, -0.2) is 5.43 Å². The van der Waals surface area contributed by atoms with Crippen LogP contribution in [0.25, 0.3) is 0 Å². The number of carbonyl (C=O) groups excluding carboxylic acids is 2. The van der Waals surface area contributed by atoms with Crippen molar-refractivity contribution < 1.29 is 9.59 Å². The summed E-state index contributed by atoms with van der Waals surface area (Å²) in [5, 5.41) is 6.96. The average Bonchev–Trinajstić information content (AvgIpc) is 2.89. The van der Waals surface area contributed by atoms with Crippen LogP contribution >= 0.6 is 0 Å². The molecule has 3 aromatic carbocycles. The van der Waals surface area contributed by atoms with Gasteiger partial charge in [-0.2, -0.15) is 5.10 Å². The van der Waals surface area contributed by atoms with E-state index >= 15 is 0 Å². The highest BCUT2D eigenvalue weighted by atomic mass is 16.2. The first-order valence-corrected chi connectivity index (χ1v) is 12.3. The van der Waals surface area contributed by atoms with Crippen LogP contribution in [0.1, 0.15) is 40.9 Å². The number of amides is 2. The summed E-state index contributed by atoms with van der Waals surface area (Å²) in [5.41, 5.74) is 8.03. The SMILES string of the molecule is CC(=O)Nc1ccc(/C(C)=N\NC(=O)c2ccc(CN3CCN(Cc4ccccc4)CC3)cc2)cc1. The Bertz CT molecular complexity index is 1180. The van der Waals surface area contributed by atoms with Gasteiger partial charge in [0.25, 0.3) is 5.91 Å². The molecular formula is C29H33N5O2. The number of benzene rings is 3. The zero-order valence-electron chi connectivity index (χ0n) is 20.9. The lowest BCUT2D eigenvalue weighted by Crippen LogP contribution is -2.45.